The van der Waals surface area contributed by atoms with E-state index in [0.717, 1.165) is 38.6 Å². The maximum Gasteiger partial charge on any atom is 0.209 e. The smallest absolute Gasteiger partial charge is 0.209 e. The Hall–Kier alpha value is -0.860. The highest BCUT2D eigenvalue weighted by Gasteiger charge is 2.29. The summed E-state index contributed by atoms with van der Waals surface area (Å²) in [7, 11) is -1.46. The lowest BCUT2D eigenvalue weighted by Gasteiger charge is -2.30. The van der Waals surface area contributed by atoms with Crippen molar-refractivity contribution in [2.45, 2.75) is 45.7 Å². The fourth-order valence-electron chi connectivity index (χ4n) is 3.14. The highest BCUT2D eigenvalue weighted by atomic mass is 32.2. The van der Waals surface area contributed by atoms with Crippen molar-refractivity contribution in [2.24, 2.45) is 4.99 Å². The summed E-state index contributed by atoms with van der Waals surface area (Å²) in [5.41, 5.74) is -0.568. The standard InChI is InChI=1S/C15H33N5O2S/c1-7-19(8-2)13-9-10-20(11-13)14(16-5)17-12-15(3,4)18-23(6,21)22/h13,18H,7-12H2,1-6H3,(H,16,17). The van der Waals surface area contributed by atoms with Gasteiger partial charge in [0, 0.05) is 38.3 Å². The van der Waals surface area contributed by atoms with Gasteiger partial charge < -0.3 is 10.2 Å². The number of likely N-dealkylation sites (tertiary alicyclic amines) is 1. The SMILES string of the molecule is CCN(CC)C1CCN(C(=NC)NCC(C)(C)NS(C)(=O)=O)C1. The normalized spacial score (nSPS) is 20.4. The Bertz CT molecular complexity index is 500. The van der Waals surface area contributed by atoms with Gasteiger partial charge in [-0.2, -0.15) is 0 Å². The Morgan fingerprint density at radius 2 is 1.96 bits per heavy atom. The fraction of sp³-hybridized carbons (Fsp3) is 0.933. The van der Waals surface area contributed by atoms with Crippen molar-refractivity contribution in [3.63, 3.8) is 0 Å². The van der Waals surface area contributed by atoms with Crippen LogP contribution in [0.4, 0.5) is 0 Å². The number of hydrogen-bond acceptors (Lipinski definition) is 4. The zero-order valence-electron chi connectivity index (χ0n) is 15.4. The van der Waals surface area contributed by atoms with Gasteiger partial charge in [-0.1, -0.05) is 13.8 Å². The van der Waals surface area contributed by atoms with E-state index in [2.05, 4.69) is 38.7 Å². The molecule has 1 unspecified atom stereocenters. The maximum atomic E-state index is 11.4. The second-order valence-corrected chi connectivity index (χ2v) is 8.52. The monoisotopic (exact) mass is 347 g/mol. The minimum Gasteiger partial charge on any atom is -0.354 e. The van der Waals surface area contributed by atoms with Crippen LogP contribution in [0.1, 0.15) is 34.1 Å². The van der Waals surface area contributed by atoms with Crippen molar-refractivity contribution in [1.82, 2.24) is 19.8 Å². The van der Waals surface area contributed by atoms with E-state index in [0.29, 0.717) is 12.6 Å². The van der Waals surface area contributed by atoms with Gasteiger partial charge in [0.15, 0.2) is 5.96 Å². The van der Waals surface area contributed by atoms with Crippen molar-refractivity contribution in [1.29, 1.82) is 0 Å². The predicted molar refractivity (Wildman–Crippen MR) is 96.3 cm³/mol. The van der Waals surface area contributed by atoms with Crippen molar-refractivity contribution in [3.05, 3.63) is 0 Å². The number of rotatable bonds is 7. The van der Waals surface area contributed by atoms with E-state index < -0.39 is 15.6 Å². The minimum atomic E-state index is -3.23. The summed E-state index contributed by atoms with van der Waals surface area (Å²) in [6.45, 7) is 12.6. The molecule has 1 heterocycles. The Labute approximate surface area is 141 Å². The van der Waals surface area contributed by atoms with Gasteiger partial charge >= 0.3 is 0 Å². The molecule has 1 rings (SSSR count). The van der Waals surface area contributed by atoms with E-state index in [4.69, 9.17) is 0 Å². The summed E-state index contributed by atoms with van der Waals surface area (Å²) in [5, 5.41) is 3.30. The quantitative estimate of drug-likeness (QED) is 0.512. The van der Waals surface area contributed by atoms with Crippen LogP contribution in [0, 0.1) is 0 Å². The van der Waals surface area contributed by atoms with Crippen LogP contribution in [-0.4, -0.2) is 81.8 Å². The summed E-state index contributed by atoms with van der Waals surface area (Å²) in [5.74, 6) is 0.836. The first-order chi connectivity index (χ1) is 10.6. The number of sulfonamides is 1. The highest BCUT2D eigenvalue weighted by Crippen LogP contribution is 2.15. The molecule has 0 saturated carbocycles. The molecular formula is C15H33N5O2S. The summed E-state index contributed by atoms with van der Waals surface area (Å²) in [6.07, 6.45) is 2.31. The van der Waals surface area contributed by atoms with Crippen LogP contribution in [0.5, 0.6) is 0 Å². The van der Waals surface area contributed by atoms with Gasteiger partial charge in [0.2, 0.25) is 10.0 Å². The summed E-state index contributed by atoms with van der Waals surface area (Å²) < 4.78 is 25.5. The van der Waals surface area contributed by atoms with Gasteiger partial charge in [-0.25, -0.2) is 13.1 Å². The fourth-order valence-corrected chi connectivity index (χ4v) is 4.22. The zero-order chi connectivity index (χ0) is 17.7. The Morgan fingerprint density at radius 1 is 1.35 bits per heavy atom. The van der Waals surface area contributed by atoms with Crippen molar-refractivity contribution >= 4 is 16.0 Å². The maximum absolute atomic E-state index is 11.4. The van der Waals surface area contributed by atoms with Gasteiger partial charge in [0.25, 0.3) is 0 Å². The molecule has 1 fully saturated rings. The summed E-state index contributed by atoms with van der Waals surface area (Å²) >= 11 is 0. The van der Waals surface area contributed by atoms with Crippen LogP contribution in [0.15, 0.2) is 4.99 Å². The molecule has 0 bridgehead atoms. The van der Waals surface area contributed by atoms with Crippen LogP contribution in [0.2, 0.25) is 0 Å². The second kappa shape index (κ2) is 8.30. The number of likely N-dealkylation sites (N-methyl/N-ethyl adjacent to an activating group) is 1. The minimum absolute atomic E-state index is 0.485. The van der Waals surface area contributed by atoms with Crippen LogP contribution in [0.25, 0.3) is 0 Å². The molecule has 136 valence electrons. The van der Waals surface area contributed by atoms with E-state index in [1.807, 2.05) is 13.8 Å². The number of nitrogens with one attached hydrogen (secondary N) is 2. The molecular weight excluding hydrogens is 314 g/mol. The lowest BCUT2D eigenvalue weighted by molar-refractivity contribution is 0.223. The molecule has 23 heavy (non-hydrogen) atoms. The van der Waals surface area contributed by atoms with Crippen LogP contribution in [0.3, 0.4) is 0 Å². The van der Waals surface area contributed by atoms with Crippen LogP contribution >= 0.6 is 0 Å². The van der Waals surface area contributed by atoms with Crippen molar-refractivity contribution in [2.75, 3.05) is 46.0 Å². The van der Waals surface area contributed by atoms with Crippen molar-refractivity contribution < 1.29 is 8.42 Å². The largest absolute Gasteiger partial charge is 0.354 e. The summed E-state index contributed by atoms with van der Waals surface area (Å²) in [4.78, 5) is 9.07. The third-order valence-corrected chi connectivity index (χ3v) is 5.08. The Kier molecular flexibility index (Phi) is 7.29. The Morgan fingerprint density at radius 3 is 2.43 bits per heavy atom. The van der Waals surface area contributed by atoms with E-state index in [9.17, 15) is 8.42 Å². The molecule has 0 spiro atoms. The lowest BCUT2D eigenvalue weighted by Crippen LogP contribution is -2.53. The third-order valence-electron chi connectivity index (χ3n) is 4.15. The molecule has 7 nitrogen and oxygen atoms in total. The first kappa shape index (κ1) is 20.2. The third kappa shape index (κ3) is 6.64. The first-order valence-corrected chi connectivity index (χ1v) is 10.2. The average Bonchev–Trinajstić information content (AvgIpc) is 2.87. The van der Waals surface area contributed by atoms with Gasteiger partial charge in [-0.05, 0) is 33.4 Å². The summed E-state index contributed by atoms with van der Waals surface area (Å²) in [6, 6.07) is 0.561. The molecule has 0 aromatic heterocycles. The number of aliphatic imine (C=N–C) groups is 1. The molecule has 8 heteroatoms. The topological polar surface area (TPSA) is 77.0 Å². The van der Waals surface area contributed by atoms with Crippen LogP contribution in [-0.2, 0) is 10.0 Å². The molecule has 1 aliphatic heterocycles. The van der Waals surface area contributed by atoms with Gasteiger partial charge in [0.1, 0.15) is 0 Å². The lowest BCUT2D eigenvalue weighted by atomic mass is 10.1. The predicted octanol–water partition coefficient (Wildman–Crippen LogP) is 0.306. The van der Waals surface area contributed by atoms with E-state index >= 15 is 0 Å². The number of hydrogen-bond donors (Lipinski definition) is 2. The average molecular weight is 348 g/mol. The van der Waals surface area contributed by atoms with E-state index in [1.54, 1.807) is 7.05 Å². The zero-order valence-corrected chi connectivity index (χ0v) is 16.2. The second-order valence-electron chi connectivity index (χ2n) is 6.77. The first-order valence-electron chi connectivity index (χ1n) is 8.30. The van der Waals surface area contributed by atoms with Gasteiger partial charge in [0.05, 0.1) is 6.26 Å². The van der Waals surface area contributed by atoms with E-state index in [-0.39, 0.29) is 0 Å². The molecule has 2 N–H and O–H groups in total. The van der Waals surface area contributed by atoms with Gasteiger partial charge in [-0.3, -0.25) is 9.89 Å². The number of guanidine groups is 1. The Balaban J connectivity index is 2.59. The number of nitrogens with zero attached hydrogens (tertiary/aromatic N) is 3. The van der Waals surface area contributed by atoms with E-state index in [1.165, 1.54) is 6.26 Å². The molecule has 0 aliphatic carbocycles. The molecule has 1 atom stereocenters. The molecule has 0 amide bonds. The molecule has 0 radical (unpaired) electrons. The molecule has 0 aromatic rings. The molecule has 1 aliphatic rings. The highest BCUT2D eigenvalue weighted by molar-refractivity contribution is 7.88. The van der Waals surface area contributed by atoms with Crippen LogP contribution < -0.4 is 10.0 Å². The molecule has 0 aromatic carbocycles. The molecule has 1 saturated heterocycles. The van der Waals surface area contributed by atoms with Gasteiger partial charge in [-0.15, -0.1) is 0 Å². The van der Waals surface area contributed by atoms with Crippen molar-refractivity contribution in [3.8, 4) is 0 Å².